The molecule has 0 spiro atoms. The second-order valence-corrected chi connectivity index (χ2v) is 5.41. The van der Waals surface area contributed by atoms with Crippen LogP contribution in [0.5, 0.6) is 0 Å². The van der Waals surface area contributed by atoms with E-state index in [1.54, 1.807) is 13.8 Å². The summed E-state index contributed by atoms with van der Waals surface area (Å²) in [6.07, 6.45) is 2.35. The maximum Gasteiger partial charge on any atom is 0.328 e. The highest BCUT2D eigenvalue weighted by Gasteiger charge is 2.27. The summed E-state index contributed by atoms with van der Waals surface area (Å²) >= 11 is 0. The molecule has 1 fully saturated rings. The Labute approximate surface area is 112 Å². The van der Waals surface area contributed by atoms with Crippen LogP contribution in [0.15, 0.2) is 6.07 Å². The number of anilines is 2. The number of carboxylic acid groups (broad SMARTS) is 1. The van der Waals surface area contributed by atoms with E-state index >= 15 is 0 Å². The van der Waals surface area contributed by atoms with Gasteiger partial charge >= 0.3 is 5.97 Å². The molecule has 0 saturated carbocycles. The van der Waals surface area contributed by atoms with Crippen molar-refractivity contribution in [2.24, 2.45) is 0 Å². The van der Waals surface area contributed by atoms with Crippen molar-refractivity contribution in [3.05, 3.63) is 11.9 Å². The molecular weight excluding hydrogens is 244 g/mol. The highest BCUT2D eigenvalue weighted by Crippen LogP contribution is 2.22. The van der Waals surface area contributed by atoms with Crippen molar-refractivity contribution in [2.45, 2.75) is 39.2 Å². The Morgan fingerprint density at radius 3 is 2.58 bits per heavy atom. The van der Waals surface area contributed by atoms with Gasteiger partial charge in [0.25, 0.3) is 0 Å². The summed E-state index contributed by atoms with van der Waals surface area (Å²) in [4.78, 5) is 22.0. The first-order chi connectivity index (χ1) is 8.88. The maximum absolute atomic E-state index is 11.1. The molecule has 0 atom stereocenters. The number of nitrogens with one attached hydrogen (secondary N) is 1. The van der Waals surface area contributed by atoms with Gasteiger partial charge in [-0.2, -0.15) is 0 Å². The third-order valence-corrected chi connectivity index (χ3v) is 3.23. The van der Waals surface area contributed by atoms with E-state index in [0.717, 1.165) is 18.9 Å². The molecule has 2 rings (SSSR count). The fourth-order valence-electron chi connectivity index (χ4n) is 2.10. The normalized spacial score (nSPS) is 15.6. The number of rotatable bonds is 4. The van der Waals surface area contributed by atoms with Gasteiger partial charge in [0.05, 0.1) is 0 Å². The van der Waals surface area contributed by atoms with Crippen LogP contribution in [0.1, 0.15) is 32.5 Å². The van der Waals surface area contributed by atoms with E-state index in [2.05, 4.69) is 20.2 Å². The molecule has 0 aliphatic carbocycles. The molecule has 6 nitrogen and oxygen atoms in total. The number of carboxylic acids is 1. The molecule has 1 aliphatic heterocycles. The zero-order valence-corrected chi connectivity index (χ0v) is 11.6. The molecule has 2 N–H and O–H groups in total. The van der Waals surface area contributed by atoms with Crippen LogP contribution in [0.4, 0.5) is 11.6 Å². The summed E-state index contributed by atoms with van der Waals surface area (Å²) in [6.45, 7) is 7.04. The van der Waals surface area contributed by atoms with Crippen molar-refractivity contribution in [1.82, 2.24) is 9.97 Å². The lowest BCUT2D eigenvalue weighted by Gasteiger charge is -2.23. The summed E-state index contributed by atoms with van der Waals surface area (Å²) in [5.41, 5.74) is -1.05. The van der Waals surface area contributed by atoms with Gasteiger partial charge in [-0.15, -0.1) is 0 Å². The zero-order valence-electron chi connectivity index (χ0n) is 11.6. The van der Waals surface area contributed by atoms with Crippen LogP contribution in [0.25, 0.3) is 0 Å². The van der Waals surface area contributed by atoms with E-state index in [9.17, 15) is 4.79 Å². The first-order valence-corrected chi connectivity index (χ1v) is 6.51. The van der Waals surface area contributed by atoms with Crippen LogP contribution >= 0.6 is 0 Å². The summed E-state index contributed by atoms with van der Waals surface area (Å²) in [5, 5.41) is 12.1. The topological polar surface area (TPSA) is 78.3 Å². The van der Waals surface area contributed by atoms with Gasteiger partial charge in [0, 0.05) is 19.2 Å². The Bertz CT molecular complexity index is 482. The lowest BCUT2D eigenvalue weighted by Crippen LogP contribution is -2.40. The molecular formula is C13H20N4O2. The van der Waals surface area contributed by atoms with Crippen LogP contribution in [-0.4, -0.2) is 39.7 Å². The van der Waals surface area contributed by atoms with E-state index < -0.39 is 11.5 Å². The van der Waals surface area contributed by atoms with E-state index in [-0.39, 0.29) is 0 Å². The SMILES string of the molecule is Cc1nc(NC(C)(C)C(=O)O)cc(N2CCCC2)n1. The minimum Gasteiger partial charge on any atom is -0.480 e. The number of aryl methyl sites for hydroxylation is 1. The molecule has 0 radical (unpaired) electrons. The van der Waals surface area contributed by atoms with Gasteiger partial charge < -0.3 is 15.3 Å². The quantitative estimate of drug-likeness (QED) is 0.861. The Hall–Kier alpha value is -1.85. The van der Waals surface area contributed by atoms with Crippen molar-refractivity contribution in [1.29, 1.82) is 0 Å². The van der Waals surface area contributed by atoms with Crippen LogP contribution in [-0.2, 0) is 4.79 Å². The number of carbonyl (C=O) groups is 1. The molecule has 1 aromatic heterocycles. The van der Waals surface area contributed by atoms with Crippen molar-refractivity contribution in [3.8, 4) is 0 Å². The zero-order chi connectivity index (χ0) is 14.0. The molecule has 0 aromatic carbocycles. The smallest absolute Gasteiger partial charge is 0.328 e. The molecule has 0 unspecified atom stereocenters. The minimum atomic E-state index is -1.05. The van der Waals surface area contributed by atoms with E-state index in [0.29, 0.717) is 11.6 Å². The van der Waals surface area contributed by atoms with Crippen molar-refractivity contribution < 1.29 is 9.90 Å². The van der Waals surface area contributed by atoms with E-state index in [4.69, 9.17) is 5.11 Å². The highest BCUT2D eigenvalue weighted by atomic mass is 16.4. The van der Waals surface area contributed by atoms with Gasteiger partial charge in [-0.05, 0) is 33.6 Å². The van der Waals surface area contributed by atoms with Gasteiger partial charge in [0.2, 0.25) is 0 Å². The fraction of sp³-hybridized carbons (Fsp3) is 0.615. The lowest BCUT2D eigenvalue weighted by molar-refractivity contribution is -0.141. The molecule has 1 aliphatic rings. The van der Waals surface area contributed by atoms with Crippen molar-refractivity contribution in [3.63, 3.8) is 0 Å². The van der Waals surface area contributed by atoms with Gasteiger partial charge in [0.15, 0.2) is 0 Å². The number of nitrogens with zero attached hydrogens (tertiary/aromatic N) is 3. The molecule has 1 saturated heterocycles. The molecule has 19 heavy (non-hydrogen) atoms. The average Bonchev–Trinajstić information content (AvgIpc) is 2.80. The van der Waals surface area contributed by atoms with Gasteiger partial charge in [-0.3, -0.25) is 0 Å². The molecule has 6 heteroatoms. The van der Waals surface area contributed by atoms with Crippen LogP contribution in [0.2, 0.25) is 0 Å². The van der Waals surface area contributed by atoms with E-state index in [1.807, 2.05) is 13.0 Å². The minimum absolute atomic E-state index is 0.557. The second-order valence-electron chi connectivity index (χ2n) is 5.41. The Morgan fingerprint density at radius 2 is 2.00 bits per heavy atom. The van der Waals surface area contributed by atoms with Crippen LogP contribution in [0, 0.1) is 6.92 Å². The Morgan fingerprint density at radius 1 is 1.37 bits per heavy atom. The van der Waals surface area contributed by atoms with Crippen molar-refractivity contribution >= 4 is 17.6 Å². The van der Waals surface area contributed by atoms with Gasteiger partial charge in [-0.1, -0.05) is 0 Å². The third kappa shape index (κ3) is 3.13. The summed E-state index contributed by atoms with van der Waals surface area (Å²) in [6, 6.07) is 1.82. The number of hydrogen-bond donors (Lipinski definition) is 2. The largest absolute Gasteiger partial charge is 0.480 e. The third-order valence-electron chi connectivity index (χ3n) is 3.23. The standard InChI is InChI=1S/C13H20N4O2/c1-9-14-10(16-13(2,3)12(18)19)8-11(15-9)17-6-4-5-7-17/h8H,4-7H2,1-3H3,(H,18,19)(H,14,15,16). The molecule has 104 valence electrons. The molecule has 2 heterocycles. The number of aliphatic carboxylic acids is 1. The van der Waals surface area contributed by atoms with Crippen LogP contribution < -0.4 is 10.2 Å². The first-order valence-electron chi connectivity index (χ1n) is 6.51. The average molecular weight is 264 g/mol. The summed E-state index contributed by atoms with van der Waals surface area (Å²) in [7, 11) is 0. The molecule has 0 amide bonds. The van der Waals surface area contributed by atoms with Gasteiger partial charge in [0.1, 0.15) is 23.0 Å². The summed E-state index contributed by atoms with van der Waals surface area (Å²) in [5.74, 6) is 1.16. The predicted molar refractivity (Wildman–Crippen MR) is 73.6 cm³/mol. The number of hydrogen-bond acceptors (Lipinski definition) is 5. The highest BCUT2D eigenvalue weighted by molar-refractivity contribution is 5.81. The first kappa shape index (κ1) is 13.6. The maximum atomic E-state index is 11.1. The van der Waals surface area contributed by atoms with Crippen LogP contribution in [0.3, 0.4) is 0 Å². The second kappa shape index (κ2) is 5.03. The Kier molecular flexibility index (Phi) is 3.59. The molecule has 0 bridgehead atoms. The fourth-order valence-corrected chi connectivity index (χ4v) is 2.10. The van der Waals surface area contributed by atoms with Gasteiger partial charge in [-0.25, -0.2) is 14.8 Å². The van der Waals surface area contributed by atoms with E-state index in [1.165, 1.54) is 12.8 Å². The lowest BCUT2D eigenvalue weighted by atomic mass is 10.1. The monoisotopic (exact) mass is 264 g/mol. The number of aromatic nitrogens is 2. The molecule has 1 aromatic rings. The summed E-state index contributed by atoms with van der Waals surface area (Å²) < 4.78 is 0. The Balaban J connectivity index is 2.24. The van der Waals surface area contributed by atoms with Crippen molar-refractivity contribution in [2.75, 3.05) is 23.3 Å². The predicted octanol–water partition coefficient (Wildman–Crippen LogP) is 1.66.